The van der Waals surface area contributed by atoms with E-state index in [4.69, 9.17) is 0 Å². The van der Waals surface area contributed by atoms with E-state index in [9.17, 15) is 9.59 Å². The lowest BCUT2D eigenvalue weighted by atomic mass is 10.2. The fourth-order valence-electron chi connectivity index (χ4n) is 3.04. The first kappa shape index (κ1) is 15.4. The van der Waals surface area contributed by atoms with Crippen molar-refractivity contribution >= 4 is 11.6 Å². The van der Waals surface area contributed by atoms with Crippen LogP contribution in [0, 0.1) is 0 Å². The van der Waals surface area contributed by atoms with Crippen LogP contribution in [0.2, 0.25) is 0 Å². The lowest BCUT2D eigenvalue weighted by Crippen LogP contribution is -2.16. The molecule has 0 spiro atoms. The number of carbonyl (C=O) groups excluding carboxylic acids is 1. The van der Waals surface area contributed by atoms with E-state index in [0.717, 1.165) is 37.5 Å². The molecule has 0 unspecified atom stereocenters. The topological polar surface area (TPSA) is 115 Å². The first-order valence-electron chi connectivity index (χ1n) is 8.11. The number of nitrogens with zero attached hydrogens (tertiary/aromatic N) is 6. The maximum atomic E-state index is 12.2. The van der Waals surface area contributed by atoms with Crippen molar-refractivity contribution in [2.75, 3.05) is 5.32 Å². The fourth-order valence-corrected chi connectivity index (χ4v) is 3.04. The summed E-state index contributed by atoms with van der Waals surface area (Å²) in [6, 6.07) is 1.25. The van der Waals surface area contributed by atoms with Gasteiger partial charge in [0.2, 0.25) is 0 Å². The third-order valence-electron chi connectivity index (χ3n) is 4.27. The van der Waals surface area contributed by atoms with Crippen molar-refractivity contribution in [2.24, 2.45) is 7.05 Å². The van der Waals surface area contributed by atoms with Crippen LogP contribution in [-0.2, 0) is 26.6 Å². The highest BCUT2D eigenvalue weighted by molar-refractivity contribution is 6.02. The van der Waals surface area contributed by atoms with Crippen LogP contribution in [0.25, 0.3) is 0 Å². The normalized spacial score (nSPS) is 13.6. The second-order valence-electron chi connectivity index (χ2n) is 6.09. The number of anilines is 1. The van der Waals surface area contributed by atoms with Crippen LogP contribution in [0.3, 0.4) is 0 Å². The lowest BCUT2D eigenvalue weighted by molar-refractivity contribution is 0.101. The van der Waals surface area contributed by atoms with Gasteiger partial charge in [-0.2, -0.15) is 5.10 Å². The predicted octanol–water partition coefficient (Wildman–Crippen LogP) is 0.138. The molecule has 1 aliphatic heterocycles. The van der Waals surface area contributed by atoms with Crippen molar-refractivity contribution in [1.29, 1.82) is 0 Å². The third-order valence-corrected chi connectivity index (χ3v) is 4.27. The summed E-state index contributed by atoms with van der Waals surface area (Å²) in [6.07, 6.45) is 6.54. The van der Waals surface area contributed by atoms with Gasteiger partial charge in [0.1, 0.15) is 18.1 Å². The number of rotatable bonds is 4. The van der Waals surface area contributed by atoms with Gasteiger partial charge in [0.05, 0.1) is 11.9 Å². The zero-order valence-corrected chi connectivity index (χ0v) is 13.8. The number of aromatic amines is 1. The molecule has 0 saturated carbocycles. The molecule has 0 atom stereocenters. The molecule has 0 aliphatic carbocycles. The Hall–Kier alpha value is -3.17. The molecular weight excluding hydrogens is 324 g/mol. The van der Waals surface area contributed by atoms with E-state index in [2.05, 4.69) is 30.3 Å². The Morgan fingerprint density at radius 1 is 1.36 bits per heavy atom. The average molecular weight is 342 g/mol. The van der Waals surface area contributed by atoms with Gasteiger partial charge in [0.25, 0.3) is 11.5 Å². The number of fused-ring (bicyclic) bond motifs is 1. The Morgan fingerprint density at radius 3 is 3.04 bits per heavy atom. The van der Waals surface area contributed by atoms with E-state index < -0.39 is 0 Å². The molecule has 3 aromatic heterocycles. The Morgan fingerprint density at radius 2 is 2.24 bits per heavy atom. The minimum atomic E-state index is -0.375. The zero-order chi connectivity index (χ0) is 17.4. The van der Waals surface area contributed by atoms with Crippen LogP contribution in [0.15, 0.2) is 23.3 Å². The van der Waals surface area contributed by atoms with Gasteiger partial charge in [-0.3, -0.25) is 24.1 Å². The van der Waals surface area contributed by atoms with Crippen molar-refractivity contribution in [3.05, 3.63) is 46.2 Å². The number of amides is 1. The molecule has 0 fully saturated rings. The Labute approximate surface area is 142 Å². The highest BCUT2D eigenvalue weighted by Crippen LogP contribution is 2.15. The summed E-state index contributed by atoms with van der Waals surface area (Å²) in [4.78, 5) is 23.5. The standard InChI is InChI=1S/C15H18N8O2/c1-21-11(6-14(24)20-21)15(25)17-10-7-16-22(8-10)9-13-19-18-12-4-2-3-5-23(12)13/h6-8H,2-5,9H2,1H3,(H,17,25)(H,20,24). The molecule has 0 bridgehead atoms. The molecule has 2 N–H and O–H groups in total. The van der Waals surface area contributed by atoms with Gasteiger partial charge in [0.15, 0.2) is 5.82 Å². The van der Waals surface area contributed by atoms with Crippen molar-refractivity contribution < 1.29 is 4.79 Å². The molecule has 1 aliphatic rings. The number of H-pyrrole nitrogens is 1. The number of nitrogens with one attached hydrogen (secondary N) is 2. The van der Waals surface area contributed by atoms with E-state index >= 15 is 0 Å². The molecule has 3 aromatic rings. The maximum absolute atomic E-state index is 12.2. The van der Waals surface area contributed by atoms with E-state index in [0.29, 0.717) is 12.2 Å². The number of carbonyl (C=O) groups is 1. The molecule has 0 aromatic carbocycles. The van der Waals surface area contributed by atoms with Crippen LogP contribution >= 0.6 is 0 Å². The van der Waals surface area contributed by atoms with E-state index in [-0.39, 0.29) is 17.2 Å². The van der Waals surface area contributed by atoms with Crippen LogP contribution in [0.5, 0.6) is 0 Å². The van der Waals surface area contributed by atoms with Crippen molar-refractivity contribution in [3.8, 4) is 0 Å². The zero-order valence-electron chi connectivity index (χ0n) is 13.8. The molecule has 10 heteroatoms. The van der Waals surface area contributed by atoms with Crippen molar-refractivity contribution in [3.63, 3.8) is 0 Å². The van der Waals surface area contributed by atoms with E-state index in [1.165, 1.54) is 10.7 Å². The summed E-state index contributed by atoms with van der Waals surface area (Å²) in [5.41, 5.74) is 0.487. The largest absolute Gasteiger partial charge is 0.318 e. The van der Waals surface area contributed by atoms with Crippen LogP contribution in [0.4, 0.5) is 5.69 Å². The van der Waals surface area contributed by atoms with E-state index in [1.54, 1.807) is 24.1 Å². The average Bonchev–Trinajstić information content (AvgIpc) is 3.28. The first-order valence-corrected chi connectivity index (χ1v) is 8.11. The van der Waals surface area contributed by atoms with Gasteiger partial charge in [-0.05, 0) is 12.8 Å². The molecule has 10 nitrogen and oxygen atoms in total. The highest BCUT2D eigenvalue weighted by atomic mass is 16.2. The Kier molecular flexibility index (Phi) is 3.71. The SMILES string of the molecule is Cn1[nH]c(=O)cc1C(=O)Nc1cnn(Cc2nnc3n2CCCC3)c1. The van der Waals surface area contributed by atoms with Gasteiger partial charge in [-0.1, -0.05) is 0 Å². The Bertz CT molecular complexity index is 976. The van der Waals surface area contributed by atoms with Gasteiger partial charge in [0, 0.05) is 32.3 Å². The summed E-state index contributed by atoms with van der Waals surface area (Å²) in [7, 11) is 1.61. The molecule has 0 saturated heterocycles. The van der Waals surface area contributed by atoms with Gasteiger partial charge in [-0.25, -0.2) is 0 Å². The molecule has 0 radical (unpaired) electrons. The molecule has 130 valence electrons. The summed E-state index contributed by atoms with van der Waals surface area (Å²) in [5, 5.41) is 18.0. The smallest absolute Gasteiger partial charge is 0.274 e. The number of hydrogen-bond acceptors (Lipinski definition) is 5. The molecule has 4 heterocycles. The Balaban J connectivity index is 1.47. The van der Waals surface area contributed by atoms with Crippen molar-refractivity contribution in [1.82, 2.24) is 34.3 Å². The molecule has 4 rings (SSSR count). The van der Waals surface area contributed by atoms with Crippen LogP contribution < -0.4 is 10.9 Å². The summed E-state index contributed by atoms with van der Waals surface area (Å²) in [5.74, 6) is 1.51. The van der Waals surface area contributed by atoms with Crippen molar-refractivity contribution in [2.45, 2.75) is 32.4 Å². The molecule has 1 amide bonds. The monoisotopic (exact) mass is 342 g/mol. The highest BCUT2D eigenvalue weighted by Gasteiger charge is 2.17. The van der Waals surface area contributed by atoms with Crippen LogP contribution in [-0.4, -0.2) is 40.2 Å². The van der Waals surface area contributed by atoms with Crippen LogP contribution in [0.1, 0.15) is 35.0 Å². The number of aromatic nitrogens is 7. The minimum Gasteiger partial charge on any atom is -0.318 e. The molecular formula is C15H18N8O2. The lowest BCUT2D eigenvalue weighted by Gasteiger charge is -2.14. The number of aryl methyl sites for hydroxylation is 2. The van der Waals surface area contributed by atoms with Gasteiger partial charge in [-0.15, -0.1) is 10.2 Å². The van der Waals surface area contributed by atoms with E-state index in [1.807, 2.05) is 0 Å². The summed E-state index contributed by atoms with van der Waals surface area (Å²) in [6.45, 7) is 1.43. The third kappa shape index (κ3) is 2.97. The van der Waals surface area contributed by atoms with Gasteiger partial charge >= 0.3 is 0 Å². The summed E-state index contributed by atoms with van der Waals surface area (Å²) >= 11 is 0. The second kappa shape index (κ2) is 6.04. The quantitative estimate of drug-likeness (QED) is 0.700. The minimum absolute atomic E-state index is 0.254. The molecule has 25 heavy (non-hydrogen) atoms. The fraction of sp³-hybridized carbons (Fsp3) is 0.400. The predicted molar refractivity (Wildman–Crippen MR) is 88.3 cm³/mol. The maximum Gasteiger partial charge on any atom is 0.274 e. The first-order chi connectivity index (χ1) is 12.1. The summed E-state index contributed by atoms with van der Waals surface area (Å²) < 4.78 is 5.22. The number of hydrogen-bond donors (Lipinski definition) is 2. The van der Waals surface area contributed by atoms with Gasteiger partial charge < -0.3 is 9.88 Å². The second-order valence-corrected chi connectivity index (χ2v) is 6.09.